The second kappa shape index (κ2) is 3.82. The first-order valence-corrected chi connectivity index (χ1v) is 6.96. The average Bonchev–Trinajstić information content (AvgIpc) is 2.91. The molecule has 1 aromatic carbocycles. The molecule has 2 rings (SSSR count). The molecular weight excluding hydrogens is 231 g/mol. The van der Waals surface area contributed by atoms with Gasteiger partial charge in [0.15, 0.2) is 9.84 Å². The van der Waals surface area contributed by atoms with Crippen LogP contribution in [0.15, 0.2) is 24.3 Å². The summed E-state index contributed by atoms with van der Waals surface area (Å²) in [5.41, 5.74) is 0.648. The van der Waals surface area contributed by atoms with Gasteiger partial charge in [0.25, 0.3) is 0 Å². The van der Waals surface area contributed by atoms with Crippen molar-refractivity contribution in [1.82, 2.24) is 0 Å². The number of sulfone groups is 1. The zero-order chi connectivity index (χ0) is 11.9. The van der Waals surface area contributed by atoms with Crippen LogP contribution in [0.3, 0.4) is 0 Å². The predicted octanol–water partition coefficient (Wildman–Crippen LogP) is 0.945. The molecule has 16 heavy (non-hydrogen) atoms. The van der Waals surface area contributed by atoms with E-state index in [0.717, 1.165) is 6.26 Å². The van der Waals surface area contributed by atoms with Crippen LogP contribution in [0.4, 0.5) is 4.39 Å². The van der Waals surface area contributed by atoms with Crippen LogP contribution < -0.4 is 0 Å². The Kier molecular flexibility index (Phi) is 2.75. The molecule has 1 saturated carbocycles. The van der Waals surface area contributed by atoms with E-state index in [1.165, 1.54) is 12.1 Å². The van der Waals surface area contributed by atoms with Crippen molar-refractivity contribution in [2.24, 2.45) is 5.92 Å². The van der Waals surface area contributed by atoms with Gasteiger partial charge in [-0.25, -0.2) is 12.8 Å². The van der Waals surface area contributed by atoms with Crippen molar-refractivity contribution in [2.45, 2.75) is 11.2 Å². The molecule has 1 aliphatic carbocycles. The third kappa shape index (κ3) is 1.97. The smallest absolute Gasteiger partial charge is 0.151 e. The molecule has 0 saturated heterocycles. The van der Waals surface area contributed by atoms with Crippen LogP contribution >= 0.6 is 0 Å². The lowest BCUT2D eigenvalue weighted by Gasteiger charge is -1.99. The molecule has 1 aromatic rings. The van der Waals surface area contributed by atoms with Crippen LogP contribution in [0.25, 0.3) is 0 Å². The number of benzene rings is 1. The van der Waals surface area contributed by atoms with E-state index in [0.29, 0.717) is 5.56 Å². The molecule has 88 valence electrons. The normalized spacial score (nSPS) is 29.1. The van der Waals surface area contributed by atoms with Crippen molar-refractivity contribution in [2.75, 3.05) is 12.9 Å². The Morgan fingerprint density at radius 2 is 2.12 bits per heavy atom. The van der Waals surface area contributed by atoms with Gasteiger partial charge in [-0.15, -0.1) is 0 Å². The van der Waals surface area contributed by atoms with Gasteiger partial charge < -0.3 is 5.11 Å². The van der Waals surface area contributed by atoms with E-state index in [2.05, 4.69) is 0 Å². The fourth-order valence-electron chi connectivity index (χ4n) is 2.29. The molecule has 0 unspecified atom stereocenters. The summed E-state index contributed by atoms with van der Waals surface area (Å²) in [5, 5.41) is 8.51. The second-order valence-corrected chi connectivity index (χ2v) is 6.42. The van der Waals surface area contributed by atoms with Gasteiger partial charge in [-0.1, -0.05) is 12.1 Å². The molecule has 1 aliphatic rings. The fourth-order valence-corrected chi connectivity index (χ4v) is 3.99. The first-order valence-electron chi connectivity index (χ1n) is 5.00. The van der Waals surface area contributed by atoms with Crippen LogP contribution in [-0.4, -0.2) is 31.6 Å². The quantitative estimate of drug-likeness (QED) is 0.861. The molecule has 1 fully saturated rings. The minimum absolute atomic E-state index is 0.182. The van der Waals surface area contributed by atoms with Gasteiger partial charge in [0.2, 0.25) is 0 Å². The summed E-state index contributed by atoms with van der Waals surface area (Å²) in [6, 6.07) is 5.89. The highest BCUT2D eigenvalue weighted by atomic mass is 32.2. The lowest BCUT2D eigenvalue weighted by Crippen LogP contribution is -2.08. The van der Waals surface area contributed by atoms with Crippen molar-refractivity contribution in [1.29, 1.82) is 0 Å². The van der Waals surface area contributed by atoms with Crippen molar-refractivity contribution in [3.05, 3.63) is 35.6 Å². The second-order valence-electron chi connectivity index (χ2n) is 4.22. The van der Waals surface area contributed by atoms with Crippen LogP contribution in [-0.2, 0) is 9.84 Å². The van der Waals surface area contributed by atoms with E-state index in [9.17, 15) is 12.8 Å². The topological polar surface area (TPSA) is 54.4 Å². The van der Waals surface area contributed by atoms with E-state index >= 15 is 0 Å². The van der Waals surface area contributed by atoms with Crippen LogP contribution in [0.5, 0.6) is 0 Å². The van der Waals surface area contributed by atoms with Crippen molar-refractivity contribution in [3.8, 4) is 0 Å². The molecular formula is C11H13FO3S. The Labute approximate surface area is 93.8 Å². The van der Waals surface area contributed by atoms with Gasteiger partial charge in [-0.3, -0.25) is 0 Å². The summed E-state index contributed by atoms with van der Waals surface area (Å²) in [6.07, 6.45) is 1.15. The Morgan fingerprint density at radius 3 is 2.56 bits per heavy atom. The lowest BCUT2D eigenvalue weighted by atomic mass is 10.1. The number of aliphatic hydroxyl groups is 1. The molecule has 1 N–H and O–H groups in total. The van der Waals surface area contributed by atoms with Crippen molar-refractivity contribution in [3.63, 3.8) is 0 Å². The first-order chi connectivity index (χ1) is 7.45. The fraction of sp³-hybridized carbons (Fsp3) is 0.455. The van der Waals surface area contributed by atoms with E-state index in [1.807, 2.05) is 0 Å². The summed E-state index contributed by atoms with van der Waals surface area (Å²) >= 11 is 0. The first kappa shape index (κ1) is 11.5. The molecule has 3 nitrogen and oxygen atoms in total. The Hall–Kier alpha value is -0.940. The van der Waals surface area contributed by atoms with Gasteiger partial charge in [-0.05, 0) is 17.7 Å². The third-order valence-electron chi connectivity index (χ3n) is 3.04. The maximum atomic E-state index is 13.0. The standard InChI is InChI=1S/C11H13FO3S/c1-16(14,15)11-9(6-13)10(11)7-3-2-4-8(12)5-7/h2-5,9-11,13H,6H2,1H3/t9-,10-,11+/m0/s1. The van der Waals surface area contributed by atoms with Crippen LogP contribution in [0.2, 0.25) is 0 Å². The number of hydrogen-bond donors (Lipinski definition) is 1. The highest BCUT2D eigenvalue weighted by Crippen LogP contribution is 2.51. The molecule has 0 amide bonds. The zero-order valence-electron chi connectivity index (χ0n) is 8.80. The summed E-state index contributed by atoms with van der Waals surface area (Å²) < 4.78 is 35.9. The number of halogens is 1. The minimum Gasteiger partial charge on any atom is -0.396 e. The van der Waals surface area contributed by atoms with E-state index in [4.69, 9.17) is 5.11 Å². The third-order valence-corrected chi connectivity index (χ3v) is 4.67. The number of aliphatic hydroxyl groups excluding tert-OH is 1. The number of hydrogen-bond acceptors (Lipinski definition) is 3. The van der Waals surface area contributed by atoms with Gasteiger partial charge in [0.1, 0.15) is 5.82 Å². The van der Waals surface area contributed by atoms with E-state index < -0.39 is 15.1 Å². The monoisotopic (exact) mass is 244 g/mol. The Balaban J connectivity index is 2.30. The van der Waals surface area contributed by atoms with Crippen LogP contribution in [0.1, 0.15) is 11.5 Å². The summed E-state index contributed by atoms with van der Waals surface area (Å²) in [6.45, 7) is -0.182. The molecule has 5 heteroatoms. The highest BCUT2D eigenvalue weighted by Gasteiger charge is 2.56. The molecule has 0 aliphatic heterocycles. The Bertz CT molecular complexity index is 498. The minimum atomic E-state index is -3.18. The van der Waals surface area contributed by atoms with Crippen molar-refractivity contribution >= 4 is 9.84 Å². The van der Waals surface area contributed by atoms with Gasteiger partial charge in [-0.2, -0.15) is 0 Å². The summed E-state index contributed by atoms with van der Waals surface area (Å²) in [5.74, 6) is -0.944. The largest absolute Gasteiger partial charge is 0.396 e. The SMILES string of the molecule is CS(=O)(=O)[C@@H]1[C@@H](CO)[C@@H]1c1cccc(F)c1. The maximum absolute atomic E-state index is 13.0. The Morgan fingerprint density at radius 1 is 1.44 bits per heavy atom. The van der Waals surface area contributed by atoms with E-state index in [1.54, 1.807) is 12.1 Å². The lowest BCUT2D eigenvalue weighted by molar-refractivity contribution is 0.274. The molecule has 0 heterocycles. The van der Waals surface area contributed by atoms with Gasteiger partial charge >= 0.3 is 0 Å². The van der Waals surface area contributed by atoms with Gasteiger partial charge in [0, 0.05) is 24.7 Å². The average molecular weight is 244 g/mol. The van der Waals surface area contributed by atoms with Crippen LogP contribution in [0, 0.1) is 11.7 Å². The number of rotatable bonds is 3. The molecule has 0 bridgehead atoms. The highest BCUT2D eigenvalue weighted by molar-refractivity contribution is 7.91. The summed E-state index contributed by atoms with van der Waals surface area (Å²) in [4.78, 5) is 0. The maximum Gasteiger partial charge on any atom is 0.151 e. The summed E-state index contributed by atoms with van der Waals surface area (Å²) in [7, 11) is -3.18. The predicted molar refractivity (Wildman–Crippen MR) is 58.3 cm³/mol. The molecule has 0 spiro atoms. The molecule has 0 radical (unpaired) electrons. The zero-order valence-corrected chi connectivity index (χ0v) is 9.61. The van der Waals surface area contributed by atoms with E-state index in [-0.39, 0.29) is 24.3 Å². The van der Waals surface area contributed by atoms with Crippen molar-refractivity contribution < 1.29 is 17.9 Å². The molecule has 0 aromatic heterocycles. The molecule has 3 atom stereocenters. The van der Waals surface area contributed by atoms with Gasteiger partial charge in [0.05, 0.1) is 5.25 Å².